The topological polar surface area (TPSA) is 163 Å². The van der Waals surface area contributed by atoms with Gasteiger partial charge in [0.1, 0.15) is 35.7 Å². The van der Waals surface area contributed by atoms with Crippen molar-refractivity contribution in [2.45, 2.75) is 24.4 Å². The average molecular weight is 734 g/mol. The van der Waals surface area contributed by atoms with Crippen LogP contribution in [0.15, 0.2) is 130 Å². The Labute approximate surface area is 306 Å². The number of thiazole rings is 1. The number of esters is 2. The first-order valence-electron chi connectivity index (χ1n) is 16.1. The number of aromatic nitrogens is 1. The number of ether oxygens (including phenoxy) is 2. The van der Waals surface area contributed by atoms with E-state index in [-0.39, 0.29) is 33.7 Å². The maximum Gasteiger partial charge on any atom is 0.356 e. The molecule has 0 radical (unpaired) electrons. The molecule has 3 aliphatic rings. The van der Waals surface area contributed by atoms with Gasteiger partial charge in [-0.2, -0.15) is 0 Å². The number of amides is 2. The van der Waals surface area contributed by atoms with Crippen LogP contribution in [0.25, 0.3) is 5.57 Å². The molecule has 2 amide bonds. The van der Waals surface area contributed by atoms with E-state index in [0.29, 0.717) is 22.3 Å². The van der Waals surface area contributed by atoms with Crippen LogP contribution in [0.2, 0.25) is 0 Å². The summed E-state index contributed by atoms with van der Waals surface area (Å²) in [5.74, 6) is -2.05. The zero-order valence-electron chi connectivity index (χ0n) is 27.8. The Kier molecular flexibility index (Phi) is 9.74. The summed E-state index contributed by atoms with van der Waals surface area (Å²) < 4.78 is 12.0. The van der Waals surface area contributed by atoms with Gasteiger partial charge in [-0.15, -0.1) is 23.1 Å². The van der Waals surface area contributed by atoms with E-state index < -0.39 is 41.3 Å². The Morgan fingerprint density at radius 3 is 2.25 bits per heavy atom. The molecule has 0 bridgehead atoms. The standard InChI is InChI=1S/C38H31N5O7S2/c1-21-27(49-36(46)28(21)22-12-6-3-7-13-22)18-25-19-51-35-30(41-33(44)29(42-48-2)26-20-52-38(39)40-26)34(45)43(35)31(25)37(47)50-32(23-14-8-4-9-15-23)24-16-10-5-11-17-24/h3-18,20,30,32,35H,19H2,1-2H3,(H2,39,40)(H,41,44)/b27-18+,42-29-/t30-,35-/m1/s1. The fourth-order valence-electron chi connectivity index (χ4n) is 6.13. The van der Waals surface area contributed by atoms with Gasteiger partial charge in [-0.05, 0) is 35.3 Å². The number of hydrogen-bond acceptors (Lipinski definition) is 12. The van der Waals surface area contributed by atoms with Crippen molar-refractivity contribution in [3.05, 3.63) is 147 Å². The zero-order chi connectivity index (χ0) is 36.4. The number of oxime groups is 1. The Morgan fingerprint density at radius 1 is 1.02 bits per heavy atom. The summed E-state index contributed by atoms with van der Waals surface area (Å²) in [4.78, 5) is 65.2. The number of rotatable bonds is 10. The van der Waals surface area contributed by atoms with E-state index in [1.165, 1.54) is 23.8 Å². The number of nitrogens with one attached hydrogen (secondary N) is 1. The van der Waals surface area contributed by atoms with Gasteiger partial charge in [0.25, 0.3) is 11.8 Å². The Balaban J connectivity index is 1.25. The van der Waals surface area contributed by atoms with E-state index in [1.807, 2.05) is 91.0 Å². The highest BCUT2D eigenvalue weighted by Gasteiger charge is 2.55. The number of benzene rings is 3. The minimum absolute atomic E-state index is 0.0151. The molecule has 4 heterocycles. The molecule has 3 N–H and O–H groups in total. The number of anilines is 1. The highest BCUT2D eigenvalue weighted by atomic mass is 32.2. The van der Waals surface area contributed by atoms with Crippen molar-refractivity contribution >= 4 is 63.3 Å². The summed E-state index contributed by atoms with van der Waals surface area (Å²) in [7, 11) is 1.29. The lowest BCUT2D eigenvalue weighted by molar-refractivity contribution is -0.154. The van der Waals surface area contributed by atoms with Crippen LogP contribution in [-0.4, -0.2) is 63.6 Å². The second-order valence-electron chi connectivity index (χ2n) is 11.8. The molecule has 3 aliphatic heterocycles. The monoisotopic (exact) mass is 733 g/mol. The normalized spacial score (nSPS) is 19.4. The predicted molar refractivity (Wildman–Crippen MR) is 196 cm³/mol. The van der Waals surface area contributed by atoms with Crippen LogP contribution in [0, 0.1) is 0 Å². The first kappa shape index (κ1) is 34.5. The molecule has 0 spiro atoms. The van der Waals surface area contributed by atoms with Crippen LogP contribution in [0.3, 0.4) is 0 Å². The van der Waals surface area contributed by atoms with Gasteiger partial charge < -0.3 is 25.4 Å². The molecule has 0 unspecified atom stereocenters. The van der Waals surface area contributed by atoms with Crippen LogP contribution in [0.1, 0.15) is 35.4 Å². The maximum absolute atomic E-state index is 14.4. The number of nitrogens with zero attached hydrogens (tertiary/aromatic N) is 3. The summed E-state index contributed by atoms with van der Waals surface area (Å²) in [5.41, 5.74) is 9.35. The minimum atomic E-state index is -1.01. The third kappa shape index (κ3) is 6.61. The van der Waals surface area contributed by atoms with Gasteiger partial charge in [-0.1, -0.05) is 96.2 Å². The summed E-state index contributed by atoms with van der Waals surface area (Å²) in [6.45, 7) is 1.77. The van der Waals surface area contributed by atoms with Crippen LogP contribution < -0.4 is 11.1 Å². The molecule has 52 heavy (non-hydrogen) atoms. The van der Waals surface area contributed by atoms with Crippen molar-refractivity contribution in [1.29, 1.82) is 0 Å². The largest absolute Gasteiger partial charge is 0.448 e. The number of allylic oxidation sites excluding steroid dienone is 2. The van der Waals surface area contributed by atoms with Crippen molar-refractivity contribution in [3.63, 3.8) is 0 Å². The lowest BCUT2D eigenvalue weighted by Crippen LogP contribution is -2.71. The molecule has 12 nitrogen and oxygen atoms in total. The van der Waals surface area contributed by atoms with Gasteiger partial charge in [-0.3, -0.25) is 14.5 Å². The summed E-state index contributed by atoms with van der Waals surface area (Å²) in [6, 6.07) is 26.7. The van der Waals surface area contributed by atoms with E-state index in [1.54, 1.807) is 18.4 Å². The zero-order valence-corrected chi connectivity index (χ0v) is 29.5. The van der Waals surface area contributed by atoms with Gasteiger partial charge in [0.05, 0.1) is 5.57 Å². The fraction of sp³-hybridized carbons (Fsp3) is 0.158. The smallest absolute Gasteiger partial charge is 0.356 e. The van der Waals surface area contributed by atoms with Crippen LogP contribution in [0.5, 0.6) is 0 Å². The van der Waals surface area contributed by atoms with Crippen LogP contribution in [0.4, 0.5) is 5.13 Å². The van der Waals surface area contributed by atoms with Gasteiger partial charge in [-0.25, -0.2) is 14.6 Å². The third-order valence-corrected chi connectivity index (χ3v) is 10.6. The summed E-state index contributed by atoms with van der Waals surface area (Å²) >= 11 is 2.46. The molecule has 7 rings (SSSR count). The van der Waals surface area contributed by atoms with Gasteiger partial charge in [0.15, 0.2) is 16.9 Å². The summed E-state index contributed by atoms with van der Waals surface area (Å²) in [6.07, 6.45) is 0.809. The number of cyclic esters (lactones) is 1. The number of hydrogen-bond donors (Lipinski definition) is 2. The molecular formula is C38H31N5O7S2. The SMILES string of the molecule is CO/N=C(\C(=O)N[C@@H]1C(=O)N2C(C(=O)OC(c3ccccc3)c3ccccc3)=C(/C=C3/OC(=O)C(c4ccccc4)=C3C)CS[C@H]12)c1csc(N)n1. The lowest BCUT2D eigenvalue weighted by atomic mass is 9.99. The van der Waals surface area contributed by atoms with E-state index >= 15 is 0 Å². The highest BCUT2D eigenvalue weighted by Crippen LogP contribution is 2.43. The molecule has 0 saturated carbocycles. The third-order valence-electron chi connectivity index (χ3n) is 8.59. The Bertz CT molecular complexity index is 2140. The molecule has 14 heteroatoms. The van der Waals surface area contributed by atoms with E-state index in [2.05, 4.69) is 15.5 Å². The summed E-state index contributed by atoms with van der Waals surface area (Å²) in [5, 5.41) is 7.66. The number of fused-ring (bicyclic) bond motifs is 1. The average Bonchev–Trinajstić information content (AvgIpc) is 3.72. The number of carbonyl (C=O) groups is 4. The van der Waals surface area contributed by atoms with E-state index in [0.717, 1.165) is 22.5 Å². The number of nitrogens with two attached hydrogens (primary N) is 1. The quantitative estimate of drug-likeness (QED) is 0.0985. The molecule has 1 fully saturated rings. The first-order valence-corrected chi connectivity index (χ1v) is 18.0. The predicted octanol–water partition coefficient (Wildman–Crippen LogP) is 4.98. The molecule has 1 saturated heterocycles. The Hall–Kier alpha value is -5.99. The molecule has 2 atom stereocenters. The fourth-order valence-corrected chi connectivity index (χ4v) is 7.98. The number of nitrogen functional groups attached to an aromatic ring is 1. The Morgan fingerprint density at radius 2 is 1.65 bits per heavy atom. The second kappa shape index (κ2) is 14.7. The molecule has 0 aliphatic carbocycles. The first-order chi connectivity index (χ1) is 25.2. The molecule has 4 aromatic rings. The van der Waals surface area contributed by atoms with Gasteiger partial charge >= 0.3 is 11.9 Å². The van der Waals surface area contributed by atoms with Gasteiger partial charge in [0, 0.05) is 16.7 Å². The van der Waals surface area contributed by atoms with Crippen molar-refractivity contribution in [1.82, 2.24) is 15.2 Å². The molecule has 3 aromatic carbocycles. The van der Waals surface area contributed by atoms with Crippen molar-refractivity contribution in [3.8, 4) is 0 Å². The van der Waals surface area contributed by atoms with Crippen LogP contribution >= 0.6 is 23.1 Å². The van der Waals surface area contributed by atoms with Crippen molar-refractivity contribution in [2.75, 3.05) is 18.6 Å². The van der Waals surface area contributed by atoms with Crippen molar-refractivity contribution in [2.24, 2.45) is 5.16 Å². The van der Waals surface area contributed by atoms with Gasteiger partial charge in [0.2, 0.25) is 0 Å². The maximum atomic E-state index is 14.4. The number of carbonyl (C=O) groups excluding carboxylic acids is 4. The molecule has 262 valence electrons. The van der Waals surface area contributed by atoms with Crippen LogP contribution in [-0.2, 0) is 33.5 Å². The van der Waals surface area contributed by atoms with Crippen molar-refractivity contribution < 1.29 is 33.5 Å². The highest BCUT2D eigenvalue weighted by molar-refractivity contribution is 8.00. The van der Waals surface area contributed by atoms with E-state index in [9.17, 15) is 19.2 Å². The number of thioether (sulfide) groups is 1. The lowest BCUT2D eigenvalue weighted by Gasteiger charge is -2.49. The second-order valence-corrected chi connectivity index (χ2v) is 13.8. The minimum Gasteiger partial charge on any atom is -0.448 e. The molecule has 1 aromatic heterocycles. The van der Waals surface area contributed by atoms with E-state index in [4.69, 9.17) is 20.0 Å². The molecular weight excluding hydrogens is 703 g/mol. The number of β-lactam (4-membered cyclic amide) rings is 1.